The number of methoxy groups -OCH3 is 1. The molecule has 10 nitrogen and oxygen atoms in total. The predicted molar refractivity (Wildman–Crippen MR) is 96.0 cm³/mol. The van der Waals surface area contributed by atoms with Crippen molar-refractivity contribution in [2.75, 3.05) is 12.8 Å². The van der Waals surface area contributed by atoms with E-state index in [1.807, 2.05) is 6.07 Å². The molecule has 0 unspecified atom stereocenters. The zero-order valence-electron chi connectivity index (χ0n) is 14.8. The Morgan fingerprint density at radius 1 is 1.15 bits per heavy atom. The molecule has 3 aromatic rings. The van der Waals surface area contributed by atoms with Crippen molar-refractivity contribution in [3.63, 3.8) is 0 Å². The van der Waals surface area contributed by atoms with E-state index in [0.29, 0.717) is 11.4 Å². The molecule has 27 heavy (non-hydrogen) atoms. The quantitative estimate of drug-likeness (QED) is 0.643. The second-order valence-corrected chi connectivity index (χ2v) is 5.75. The first-order chi connectivity index (χ1) is 12.8. The summed E-state index contributed by atoms with van der Waals surface area (Å²) in [6.45, 7) is 0. The highest BCUT2D eigenvalue weighted by Gasteiger charge is 2.22. The summed E-state index contributed by atoms with van der Waals surface area (Å²) in [5.41, 5.74) is 5.68. The van der Waals surface area contributed by atoms with E-state index in [2.05, 4.69) is 0 Å². The summed E-state index contributed by atoms with van der Waals surface area (Å²) in [5.74, 6) is -0.716. The van der Waals surface area contributed by atoms with Crippen molar-refractivity contribution in [3.05, 3.63) is 62.7 Å². The van der Waals surface area contributed by atoms with Crippen molar-refractivity contribution in [2.45, 2.75) is 0 Å². The van der Waals surface area contributed by atoms with Crippen molar-refractivity contribution in [2.24, 2.45) is 14.1 Å². The Bertz CT molecular complexity index is 1180. The van der Waals surface area contributed by atoms with Gasteiger partial charge in [-0.15, -0.1) is 0 Å². The summed E-state index contributed by atoms with van der Waals surface area (Å²) < 4.78 is 9.49. The van der Waals surface area contributed by atoms with Gasteiger partial charge in [0.1, 0.15) is 6.07 Å². The first-order valence-electron chi connectivity index (χ1n) is 7.76. The zero-order valence-corrected chi connectivity index (χ0v) is 14.8. The molecule has 0 atom stereocenters. The Labute approximate surface area is 152 Å². The number of nitrogen functional groups attached to an aromatic ring is 1. The maximum atomic E-state index is 12.3. The first kappa shape index (κ1) is 17.8. The van der Waals surface area contributed by atoms with Gasteiger partial charge in [0, 0.05) is 26.0 Å². The number of carbonyl (C=O) groups excluding carboxylic acids is 1. The molecule has 0 bridgehead atoms. The molecule has 10 heteroatoms. The van der Waals surface area contributed by atoms with Gasteiger partial charge in [0.05, 0.1) is 24.0 Å². The second-order valence-electron chi connectivity index (χ2n) is 5.75. The molecule has 0 radical (unpaired) electrons. The fourth-order valence-corrected chi connectivity index (χ4v) is 2.75. The number of aromatic nitrogens is 4. The van der Waals surface area contributed by atoms with Gasteiger partial charge in [-0.2, -0.15) is 5.26 Å². The minimum Gasteiger partial charge on any atom is -0.464 e. The lowest BCUT2D eigenvalue weighted by Gasteiger charge is -2.10. The number of anilines is 1. The first-order valence-corrected chi connectivity index (χ1v) is 7.76. The summed E-state index contributed by atoms with van der Waals surface area (Å²) in [6, 6.07) is 8.30. The van der Waals surface area contributed by atoms with Crippen LogP contribution in [0, 0.1) is 11.3 Å². The summed E-state index contributed by atoms with van der Waals surface area (Å²) in [6.07, 6.45) is 1.40. The number of ether oxygens (including phenoxy) is 1. The van der Waals surface area contributed by atoms with E-state index in [-0.39, 0.29) is 16.9 Å². The molecule has 2 aromatic heterocycles. The van der Waals surface area contributed by atoms with Crippen molar-refractivity contribution in [1.82, 2.24) is 18.5 Å². The monoisotopic (exact) mass is 368 g/mol. The topological polar surface area (TPSA) is 130 Å². The van der Waals surface area contributed by atoms with Gasteiger partial charge < -0.3 is 15.0 Å². The number of nitrogens with zero attached hydrogens (tertiary/aromatic N) is 5. The normalized spacial score (nSPS) is 10.6. The van der Waals surface area contributed by atoms with Crippen LogP contribution in [0.4, 0.5) is 5.69 Å². The van der Waals surface area contributed by atoms with Crippen LogP contribution in [0.25, 0.3) is 11.4 Å². The fraction of sp³-hybridized carbons (Fsp3) is 0.176. The number of rotatable bonds is 3. The molecule has 0 aliphatic rings. The lowest BCUT2D eigenvalue weighted by atomic mass is 10.2. The van der Waals surface area contributed by atoms with Crippen LogP contribution in [0.1, 0.15) is 16.1 Å². The summed E-state index contributed by atoms with van der Waals surface area (Å²) in [5, 5.41) is 9.21. The van der Waals surface area contributed by atoms with Crippen LogP contribution >= 0.6 is 0 Å². The molecule has 0 saturated carbocycles. The Kier molecular flexibility index (Phi) is 4.21. The number of hydrogen-bond donors (Lipinski definition) is 1. The van der Waals surface area contributed by atoms with Gasteiger partial charge in [0.15, 0.2) is 5.69 Å². The van der Waals surface area contributed by atoms with Gasteiger partial charge in [-0.3, -0.25) is 0 Å². The van der Waals surface area contributed by atoms with Crippen LogP contribution in [0.3, 0.4) is 0 Å². The van der Waals surface area contributed by atoms with Crippen LogP contribution in [0.2, 0.25) is 0 Å². The summed E-state index contributed by atoms with van der Waals surface area (Å²) in [4.78, 5) is 36.8. The molecule has 2 N–H and O–H groups in total. The third kappa shape index (κ3) is 2.62. The Morgan fingerprint density at radius 3 is 2.30 bits per heavy atom. The molecule has 0 amide bonds. The minimum absolute atomic E-state index is 0.0115. The Morgan fingerprint density at radius 2 is 1.74 bits per heavy atom. The molecule has 0 aliphatic carbocycles. The van der Waals surface area contributed by atoms with Crippen molar-refractivity contribution < 1.29 is 9.53 Å². The lowest BCUT2D eigenvalue weighted by Crippen LogP contribution is -2.26. The second kappa shape index (κ2) is 6.38. The molecular formula is C17H16N6O4. The number of nitriles is 1. The smallest absolute Gasteiger partial charge is 0.357 e. The third-order valence-corrected chi connectivity index (χ3v) is 4.30. The highest BCUT2D eigenvalue weighted by Crippen LogP contribution is 2.25. The predicted octanol–water partition coefficient (Wildman–Crippen LogP) is -0.0941. The molecule has 3 rings (SSSR count). The summed E-state index contributed by atoms with van der Waals surface area (Å²) >= 11 is 0. The molecule has 0 spiro atoms. The van der Waals surface area contributed by atoms with E-state index in [9.17, 15) is 19.6 Å². The number of nitrogens with two attached hydrogens (primary N) is 1. The maximum absolute atomic E-state index is 12.3. The van der Waals surface area contributed by atoms with E-state index in [1.165, 1.54) is 47.4 Å². The molecule has 1 aromatic carbocycles. The average Bonchev–Trinajstić information content (AvgIpc) is 3.11. The van der Waals surface area contributed by atoms with Crippen LogP contribution in [0.5, 0.6) is 0 Å². The van der Waals surface area contributed by atoms with Crippen LogP contribution in [-0.2, 0) is 18.8 Å². The van der Waals surface area contributed by atoms with E-state index >= 15 is 0 Å². The number of hydrogen-bond acceptors (Lipinski definition) is 6. The third-order valence-electron chi connectivity index (χ3n) is 4.30. The lowest BCUT2D eigenvalue weighted by molar-refractivity contribution is 0.0593. The van der Waals surface area contributed by atoms with E-state index in [0.717, 1.165) is 4.57 Å². The Balaban J connectivity index is 2.26. The molecule has 0 fully saturated rings. The van der Waals surface area contributed by atoms with Crippen LogP contribution in [0.15, 0.2) is 40.1 Å². The minimum atomic E-state index is -0.716. The Hall–Kier alpha value is -4.00. The van der Waals surface area contributed by atoms with Crippen LogP contribution < -0.4 is 17.1 Å². The van der Waals surface area contributed by atoms with Gasteiger partial charge in [-0.25, -0.2) is 28.3 Å². The number of benzene rings is 1. The van der Waals surface area contributed by atoms with Gasteiger partial charge in [0.25, 0.3) is 0 Å². The fourth-order valence-electron chi connectivity index (χ4n) is 2.75. The van der Waals surface area contributed by atoms with Gasteiger partial charge in [-0.1, -0.05) is 6.07 Å². The number of esters is 1. The van der Waals surface area contributed by atoms with Crippen molar-refractivity contribution in [3.8, 4) is 17.4 Å². The van der Waals surface area contributed by atoms with Gasteiger partial charge in [-0.05, 0) is 18.2 Å². The summed E-state index contributed by atoms with van der Waals surface area (Å²) in [7, 11) is 4.16. The number of carbonyl (C=O) groups is 1. The van der Waals surface area contributed by atoms with Gasteiger partial charge >= 0.3 is 17.3 Å². The molecular weight excluding hydrogens is 352 g/mol. The zero-order chi connectivity index (χ0) is 19.9. The largest absolute Gasteiger partial charge is 0.464 e. The van der Waals surface area contributed by atoms with Crippen LogP contribution in [-0.4, -0.2) is 31.6 Å². The van der Waals surface area contributed by atoms with E-state index in [1.54, 1.807) is 18.2 Å². The molecule has 2 heterocycles. The maximum Gasteiger partial charge on any atom is 0.357 e. The highest BCUT2D eigenvalue weighted by atomic mass is 16.5. The average molecular weight is 368 g/mol. The van der Waals surface area contributed by atoms with Gasteiger partial charge in [0.2, 0.25) is 0 Å². The highest BCUT2D eigenvalue weighted by molar-refractivity contribution is 5.96. The SMILES string of the molecule is COC(=O)c1c(N)c(C#N)cn1-c1cccc(-n2c(=O)n(C)n(C)c2=O)c1. The van der Waals surface area contributed by atoms with Crippen molar-refractivity contribution in [1.29, 1.82) is 5.26 Å². The standard InChI is InChI=1S/C17H16N6O4/c1-20-16(25)23(17(26)21(20)2)12-6-4-5-11(7-12)22-9-10(8-18)13(19)14(22)15(24)27-3/h4-7,9H,19H2,1-3H3. The molecule has 0 aliphatic heterocycles. The van der Waals surface area contributed by atoms with Crippen molar-refractivity contribution >= 4 is 11.7 Å². The molecule has 138 valence electrons. The molecule has 0 saturated heterocycles. The van der Waals surface area contributed by atoms with E-state index < -0.39 is 17.3 Å². The van der Waals surface area contributed by atoms with E-state index in [4.69, 9.17) is 10.5 Å².